The molecule has 0 bridgehead atoms. The molecule has 2 fully saturated rings. The molecule has 0 aliphatic carbocycles. The van der Waals surface area contributed by atoms with Crippen molar-refractivity contribution in [2.45, 2.75) is 19.9 Å². The Morgan fingerprint density at radius 2 is 1.88 bits per heavy atom. The molecule has 0 saturated carbocycles. The molecule has 0 aromatic carbocycles. The van der Waals surface area contributed by atoms with Crippen LogP contribution in [0.5, 0.6) is 5.75 Å². The maximum atomic E-state index is 11.9. The third-order valence-corrected chi connectivity index (χ3v) is 8.86. The van der Waals surface area contributed by atoms with Crippen LogP contribution in [0, 0.1) is 12.8 Å². The molecule has 0 spiro atoms. The summed E-state index contributed by atoms with van der Waals surface area (Å²) in [6, 6.07) is 8.02. The molecule has 2 saturated heterocycles. The predicted molar refractivity (Wildman–Crippen MR) is 154 cm³/mol. The SMILES string of the molecule is COc1ccncc1-c1cc2c(cnn2-c2cc(N3C[C@H](CS(C)(=O)=O)[C@H]3C)cc(N3CCOCC3)n2)c(C)n1. The minimum atomic E-state index is -3.05. The molecular weight excluding hydrogens is 530 g/mol. The number of nitrogens with zero attached hydrogens (tertiary/aromatic N) is 7. The van der Waals surface area contributed by atoms with E-state index in [9.17, 15) is 8.42 Å². The Morgan fingerprint density at radius 3 is 2.60 bits per heavy atom. The molecule has 4 aromatic rings. The summed E-state index contributed by atoms with van der Waals surface area (Å²) in [5.41, 5.74) is 4.24. The first-order valence-corrected chi connectivity index (χ1v) is 15.4. The lowest BCUT2D eigenvalue weighted by Gasteiger charge is -2.48. The van der Waals surface area contributed by atoms with E-state index in [0.29, 0.717) is 31.3 Å². The van der Waals surface area contributed by atoms with Crippen LogP contribution in [0.3, 0.4) is 0 Å². The first-order chi connectivity index (χ1) is 19.2. The summed E-state index contributed by atoms with van der Waals surface area (Å²) >= 11 is 0. The Balaban J connectivity index is 1.45. The lowest BCUT2D eigenvalue weighted by atomic mass is 9.91. The van der Waals surface area contributed by atoms with E-state index in [1.807, 2.05) is 36.0 Å². The second kappa shape index (κ2) is 10.3. The Hall–Kier alpha value is -3.77. The van der Waals surface area contributed by atoms with E-state index in [2.05, 4.69) is 27.8 Å². The van der Waals surface area contributed by atoms with Gasteiger partial charge in [0.05, 0.1) is 49.0 Å². The number of hydrogen-bond acceptors (Lipinski definition) is 10. The molecule has 11 nitrogen and oxygen atoms in total. The Labute approximate surface area is 233 Å². The standard InChI is InChI=1S/C28H33N7O4S/c1-18-22-15-30-35(25(22)13-24(31-18)23-14-29-6-5-26(23)38-3)28-12-21(11-27(32-28)33-7-9-39-10-8-33)34-16-20(19(34)2)17-40(4,36)37/h5-6,11-15,19-20H,7-10,16-17H2,1-4H3/t19-,20-/m1/s1. The van der Waals surface area contributed by atoms with Crippen molar-refractivity contribution in [3.63, 3.8) is 0 Å². The van der Waals surface area contributed by atoms with Crippen LogP contribution in [0.25, 0.3) is 28.0 Å². The van der Waals surface area contributed by atoms with E-state index in [0.717, 1.165) is 52.4 Å². The van der Waals surface area contributed by atoms with E-state index in [4.69, 9.17) is 24.5 Å². The zero-order valence-corrected chi connectivity index (χ0v) is 23.9. The summed E-state index contributed by atoms with van der Waals surface area (Å²) in [6.07, 6.45) is 6.57. The molecule has 6 rings (SSSR count). The quantitative estimate of drug-likeness (QED) is 0.332. The van der Waals surface area contributed by atoms with E-state index in [-0.39, 0.29) is 17.7 Å². The smallest absolute Gasteiger partial charge is 0.158 e. The number of pyridine rings is 3. The molecule has 0 unspecified atom stereocenters. The third-order valence-electron chi connectivity index (χ3n) is 7.82. The van der Waals surface area contributed by atoms with Crippen molar-refractivity contribution in [1.82, 2.24) is 24.7 Å². The molecule has 0 amide bonds. The van der Waals surface area contributed by atoms with Gasteiger partial charge in [-0.05, 0) is 26.0 Å². The summed E-state index contributed by atoms with van der Waals surface area (Å²) in [5, 5.41) is 5.67. The average molecular weight is 564 g/mol. The second-order valence-corrected chi connectivity index (χ2v) is 12.7. The monoisotopic (exact) mass is 563 g/mol. The van der Waals surface area contributed by atoms with Gasteiger partial charge in [-0.1, -0.05) is 0 Å². The molecule has 2 aliphatic heterocycles. The van der Waals surface area contributed by atoms with Crippen molar-refractivity contribution in [2.75, 3.05) is 61.8 Å². The number of hydrogen-bond donors (Lipinski definition) is 0. The number of aryl methyl sites for hydroxylation is 1. The highest BCUT2D eigenvalue weighted by atomic mass is 32.2. The predicted octanol–water partition coefficient (Wildman–Crippen LogP) is 2.90. The summed E-state index contributed by atoms with van der Waals surface area (Å²) < 4.78 is 36.9. The number of fused-ring (bicyclic) bond motifs is 1. The number of rotatable bonds is 7. The van der Waals surface area contributed by atoms with Crippen molar-refractivity contribution in [3.8, 4) is 22.8 Å². The van der Waals surface area contributed by atoms with Gasteiger partial charge in [-0.3, -0.25) is 9.97 Å². The van der Waals surface area contributed by atoms with Crippen LogP contribution in [0.2, 0.25) is 0 Å². The summed E-state index contributed by atoms with van der Waals surface area (Å²) in [5.74, 6) is 2.50. The van der Waals surface area contributed by atoms with Crippen molar-refractivity contribution in [1.29, 1.82) is 0 Å². The molecule has 0 radical (unpaired) electrons. The minimum absolute atomic E-state index is 0.0907. The maximum absolute atomic E-state index is 11.9. The highest BCUT2D eigenvalue weighted by molar-refractivity contribution is 7.90. The average Bonchev–Trinajstić information content (AvgIpc) is 3.39. The Kier molecular flexibility index (Phi) is 6.83. The topological polar surface area (TPSA) is 116 Å². The van der Waals surface area contributed by atoms with Crippen LogP contribution >= 0.6 is 0 Å². The van der Waals surface area contributed by atoms with Crippen molar-refractivity contribution >= 4 is 32.2 Å². The van der Waals surface area contributed by atoms with Crippen LogP contribution in [0.4, 0.5) is 11.5 Å². The molecule has 210 valence electrons. The lowest BCUT2D eigenvalue weighted by molar-refractivity contribution is 0.122. The molecule has 40 heavy (non-hydrogen) atoms. The number of morpholine rings is 1. The zero-order valence-electron chi connectivity index (χ0n) is 23.1. The van der Waals surface area contributed by atoms with E-state index >= 15 is 0 Å². The first-order valence-electron chi connectivity index (χ1n) is 13.3. The third kappa shape index (κ3) is 4.97. The van der Waals surface area contributed by atoms with Crippen LogP contribution in [-0.4, -0.2) is 91.2 Å². The maximum Gasteiger partial charge on any atom is 0.158 e. The minimum Gasteiger partial charge on any atom is -0.496 e. The molecule has 0 N–H and O–H groups in total. The molecule has 6 heterocycles. The van der Waals surface area contributed by atoms with Gasteiger partial charge in [0.25, 0.3) is 0 Å². The van der Waals surface area contributed by atoms with Crippen LogP contribution in [0.15, 0.2) is 42.9 Å². The fourth-order valence-electron chi connectivity index (χ4n) is 5.58. The molecular formula is C28H33N7O4S. The van der Waals surface area contributed by atoms with E-state index in [1.165, 1.54) is 6.26 Å². The lowest BCUT2D eigenvalue weighted by Crippen LogP contribution is -2.57. The van der Waals surface area contributed by atoms with Gasteiger partial charge < -0.3 is 19.3 Å². The first kappa shape index (κ1) is 26.5. The summed E-state index contributed by atoms with van der Waals surface area (Å²) in [7, 11) is -1.41. The van der Waals surface area contributed by atoms with Gasteiger partial charge in [0.1, 0.15) is 21.4 Å². The van der Waals surface area contributed by atoms with Gasteiger partial charge >= 0.3 is 0 Å². The highest BCUT2D eigenvalue weighted by Crippen LogP contribution is 2.36. The normalized spacial score (nSPS) is 19.6. The largest absolute Gasteiger partial charge is 0.496 e. The van der Waals surface area contributed by atoms with Gasteiger partial charge in [0, 0.05) is 79.1 Å². The number of aromatic nitrogens is 5. The van der Waals surface area contributed by atoms with Crippen molar-refractivity contribution < 1.29 is 17.9 Å². The van der Waals surface area contributed by atoms with Crippen LogP contribution in [0.1, 0.15) is 12.6 Å². The molecule has 12 heteroatoms. The van der Waals surface area contributed by atoms with Gasteiger partial charge in [0.2, 0.25) is 0 Å². The highest BCUT2D eigenvalue weighted by Gasteiger charge is 2.38. The fraction of sp³-hybridized carbons (Fsp3) is 0.429. The van der Waals surface area contributed by atoms with Crippen molar-refractivity contribution in [3.05, 3.63) is 48.5 Å². The fourth-order valence-corrected chi connectivity index (χ4v) is 6.74. The number of ether oxygens (including phenoxy) is 2. The van der Waals surface area contributed by atoms with Crippen LogP contribution in [-0.2, 0) is 14.6 Å². The Morgan fingerprint density at radius 1 is 1.10 bits per heavy atom. The number of methoxy groups -OCH3 is 1. The van der Waals surface area contributed by atoms with Gasteiger partial charge in [-0.15, -0.1) is 0 Å². The van der Waals surface area contributed by atoms with Crippen LogP contribution < -0.4 is 14.5 Å². The van der Waals surface area contributed by atoms with Gasteiger partial charge in [-0.25, -0.2) is 18.1 Å². The molecule has 2 atom stereocenters. The van der Waals surface area contributed by atoms with Crippen molar-refractivity contribution in [2.24, 2.45) is 5.92 Å². The second-order valence-electron chi connectivity index (χ2n) is 10.5. The molecule has 2 aliphatic rings. The number of anilines is 2. The molecule has 4 aromatic heterocycles. The Bertz CT molecular complexity index is 1670. The summed E-state index contributed by atoms with van der Waals surface area (Å²) in [6.45, 7) is 7.50. The number of sulfone groups is 1. The van der Waals surface area contributed by atoms with E-state index < -0.39 is 9.84 Å². The van der Waals surface area contributed by atoms with Gasteiger partial charge in [-0.2, -0.15) is 5.10 Å². The van der Waals surface area contributed by atoms with E-state index in [1.54, 1.807) is 19.5 Å². The zero-order chi connectivity index (χ0) is 28.0. The van der Waals surface area contributed by atoms with Gasteiger partial charge in [0.15, 0.2) is 5.82 Å². The summed E-state index contributed by atoms with van der Waals surface area (Å²) in [4.78, 5) is 18.6.